The third kappa shape index (κ3) is 5.49. The molecule has 0 saturated carbocycles. The molecule has 7 nitrogen and oxygen atoms in total. The normalized spacial score (nSPS) is 16.9. The van der Waals surface area contributed by atoms with Gasteiger partial charge in [0.1, 0.15) is 5.75 Å². The molecule has 2 aromatic carbocycles. The van der Waals surface area contributed by atoms with Gasteiger partial charge in [-0.15, -0.1) is 0 Å². The van der Waals surface area contributed by atoms with E-state index in [1.807, 2.05) is 64.9 Å². The minimum absolute atomic E-state index is 0.0687. The quantitative estimate of drug-likeness (QED) is 0.476. The fourth-order valence-electron chi connectivity index (χ4n) is 4.14. The van der Waals surface area contributed by atoms with Crippen molar-refractivity contribution in [3.63, 3.8) is 0 Å². The summed E-state index contributed by atoms with van der Waals surface area (Å²) in [6.45, 7) is 6.75. The molecule has 0 aliphatic carbocycles. The van der Waals surface area contributed by atoms with E-state index in [1.54, 1.807) is 14.0 Å². The Balaban J connectivity index is 1.82. The minimum Gasteiger partial charge on any atom is -0.497 e. The van der Waals surface area contributed by atoms with Crippen molar-refractivity contribution in [2.45, 2.75) is 33.2 Å². The molecule has 2 aliphatic heterocycles. The summed E-state index contributed by atoms with van der Waals surface area (Å²) in [4.78, 5) is 33.1. The molecular weight excluding hydrogens is 474 g/mol. The van der Waals surface area contributed by atoms with E-state index in [1.165, 1.54) is 11.8 Å². The van der Waals surface area contributed by atoms with Gasteiger partial charge < -0.3 is 19.7 Å². The Hall–Kier alpha value is -3.52. The van der Waals surface area contributed by atoms with Crippen LogP contribution in [0.5, 0.6) is 5.75 Å². The van der Waals surface area contributed by atoms with E-state index < -0.39 is 12.0 Å². The average Bonchev–Trinajstić information content (AvgIpc) is 3.29. The molecule has 0 aromatic heterocycles. The third-order valence-electron chi connectivity index (χ3n) is 5.83. The van der Waals surface area contributed by atoms with Crippen LogP contribution in [-0.2, 0) is 14.3 Å². The van der Waals surface area contributed by atoms with Crippen LogP contribution >= 0.6 is 11.8 Å². The second kappa shape index (κ2) is 11.5. The number of ether oxygens (including phenoxy) is 2. The highest BCUT2D eigenvalue weighted by Crippen LogP contribution is 2.47. The van der Waals surface area contributed by atoms with E-state index in [9.17, 15) is 9.59 Å². The average molecular weight is 506 g/mol. The number of thioether (sulfide) groups is 1. The molecule has 0 unspecified atom stereocenters. The van der Waals surface area contributed by atoms with E-state index in [4.69, 9.17) is 14.5 Å². The summed E-state index contributed by atoms with van der Waals surface area (Å²) in [5.41, 5.74) is 3.50. The van der Waals surface area contributed by atoms with Crippen molar-refractivity contribution in [1.82, 2.24) is 10.2 Å². The molecule has 0 bridgehead atoms. The van der Waals surface area contributed by atoms with Gasteiger partial charge in [-0.2, -0.15) is 0 Å². The zero-order chi connectivity index (χ0) is 25.7. The first-order valence-electron chi connectivity index (χ1n) is 12.0. The Labute approximate surface area is 216 Å². The molecule has 0 spiro atoms. The second-order valence-electron chi connectivity index (χ2n) is 8.89. The standard InChI is InChI=1S/C28H31N3O4S/c1-5-35-27(33)24-25(19-9-7-6-8-10-19)30-28-31(26(24)20-11-13-22(34-4)14-12-20)21(17-36-28)15-23(32)29-16-18(2)3/h6-14,17-18,26H,5,15-16H2,1-4H3,(H,29,32)/t26-/m1/s1. The number of amides is 1. The number of benzene rings is 2. The zero-order valence-electron chi connectivity index (χ0n) is 21.0. The fraction of sp³-hybridized carbons (Fsp3) is 0.321. The van der Waals surface area contributed by atoms with Gasteiger partial charge in [0, 0.05) is 17.8 Å². The molecule has 8 heteroatoms. The van der Waals surface area contributed by atoms with Crippen LogP contribution in [0.2, 0.25) is 0 Å². The van der Waals surface area contributed by atoms with E-state index in [0.29, 0.717) is 29.5 Å². The number of carbonyl (C=O) groups is 2. The maximum absolute atomic E-state index is 13.5. The number of amidine groups is 1. The lowest BCUT2D eigenvalue weighted by atomic mass is 9.91. The molecule has 2 aromatic rings. The van der Waals surface area contributed by atoms with E-state index in [-0.39, 0.29) is 18.9 Å². The van der Waals surface area contributed by atoms with Gasteiger partial charge in [-0.3, -0.25) is 4.79 Å². The molecule has 1 N–H and O–H groups in total. The van der Waals surface area contributed by atoms with Gasteiger partial charge in [-0.25, -0.2) is 9.79 Å². The number of esters is 1. The highest BCUT2D eigenvalue weighted by Gasteiger charge is 2.42. The Bertz CT molecular complexity index is 1200. The van der Waals surface area contributed by atoms with Gasteiger partial charge in [0.2, 0.25) is 5.91 Å². The van der Waals surface area contributed by atoms with Crippen molar-refractivity contribution < 1.29 is 19.1 Å². The number of hydrogen-bond donors (Lipinski definition) is 1. The topological polar surface area (TPSA) is 80.2 Å². The highest BCUT2D eigenvalue weighted by atomic mass is 32.2. The van der Waals surface area contributed by atoms with Gasteiger partial charge in [0.15, 0.2) is 5.17 Å². The van der Waals surface area contributed by atoms with Crippen LogP contribution in [0, 0.1) is 5.92 Å². The number of rotatable bonds is 9. The van der Waals surface area contributed by atoms with E-state index in [2.05, 4.69) is 19.2 Å². The van der Waals surface area contributed by atoms with Crippen LogP contribution in [0.4, 0.5) is 0 Å². The van der Waals surface area contributed by atoms with Crippen molar-refractivity contribution in [1.29, 1.82) is 0 Å². The molecule has 0 fully saturated rings. The van der Waals surface area contributed by atoms with Crippen LogP contribution in [0.3, 0.4) is 0 Å². The summed E-state index contributed by atoms with van der Waals surface area (Å²) in [6, 6.07) is 16.7. The lowest BCUT2D eigenvalue weighted by Crippen LogP contribution is -2.38. The SMILES string of the molecule is CCOC(=O)C1=C(c2ccccc2)N=C2SC=C(CC(=O)NCC(C)C)N2[C@@H]1c1ccc(OC)cc1. The fourth-order valence-corrected chi connectivity index (χ4v) is 5.05. The lowest BCUT2D eigenvalue weighted by Gasteiger charge is -2.36. The molecule has 2 aliphatic rings. The van der Waals surface area contributed by atoms with E-state index in [0.717, 1.165) is 22.0 Å². The lowest BCUT2D eigenvalue weighted by molar-refractivity contribution is -0.139. The van der Waals surface area contributed by atoms with Crippen molar-refractivity contribution in [3.8, 4) is 5.75 Å². The first-order valence-corrected chi connectivity index (χ1v) is 12.9. The smallest absolute Gasteiger partial charge is 0.338 e. The predicted molar refractivity (Wildman–Crippen MR) is 143 cm³/mol. The molecule has 1 amide bonds. The minimum atomic E-state index is -0.517. The monoisotopic (exact) mass is 505 g/mol. The Morgan fingerprint density at radius 3 is 2.47 bits per heavy atom. The number of nitrogens with zero attached hydrogens (tertiary/aromatic N) is 2. The zero-order valence-corrected chi connectivity index (χ0v) is 21.8. The van der Waals surface area contributed by atoms with Crippen molar-refractivity contribution in [2.75, 3.05) is 20.3 Å². The molecular formula is C28H31N3O4S. The second-order valence-corrected chi connectivity index (χ2v) is 9.73. The van der Waals surface area contributed by atoms with Crippen molar-refractivity contribution in [3.05, 3.63) is 82.4 Å². The van der Waals surface area contributed by atoms with Crippen LogP contribution in [0.25, 0.3) is 5.70 Å². The van der Waals surface area contributed by atoms with Crippen molar-refractivity contribution in [2.24, 2.45) is 10.9 Å². The van der Waals surface area contributed by atoms with Gasteiger partial charge in [0.25, 0.3) is 0 Å². The highest BCUT2D eigenvalue weighted by molar-refractivity contribution is 8.16. The maximum atomic E-state index is 13.5. The van der Waals surface area contributed by atoms with Gasteiger partial charge in [0.05, 0.1) is 37.4 Å². The predicted octanol–water partition coefficient (Wildman–Crippen LogP) is 5.13. The first kappa shape index (κ1) is 25.6. The van der Waals surface area contributed by atoms with Crippen LogP contribution in [0.1, 0.15) is 44.4 Å². The number of fused-ring (bicyclic) bond motifs is 1. The van der Waals surface area contributed by atoms with Crippen LogP contribution in [0.15, 0.2) is 76.3 Å². The molecule has 0 radical (unpaired) electrons. The van der Waals surface area contributed by atoms with Crippen LogP contribution in [-0.4, -0.2) is 42.2 Å². The number of aliphatic imine (C=N–C) groups is 1. The Kier molecular flexibility index (Phi) is 8.15. The summed E-state index contributed by atoms with van der Waals surface area (Å²) >= 11 is 1.46. The molecule has 1 atom stereocenters. The summed E-state index contributed by atoms with van der Waals surface area (Å²) < 4.78 is 10.9. The Morgan fingerprint density at radius 1 is 1.11 bits per heavy atom. The molecule has 2 heterocycles. The molecule has 0 saturated heterocycles. The Morgan fingerprint density at radius 2 is 1.83 bits per heavy atom. The summed E-state index contributed by atoms with van der Waals surface area (Å²) in [6.07, 6.45) is 0.183. The number of carbonyl (C=O) groups excluding carboxylic acids is 2. The summed E-state index contributed by atoms with van der Waals surface area (Å²) in [5.74, 6) is 0.570. The molecule has 36 heavy (non-hydrogen) atoms. The number of nitrogens with one attached hydrogen (secondary N) is 1. The summed E-state index contributed by atoms with van der Waals surface area (Å²) in [5, 5.41) is 5.65. The van der Waals surface area contributed by atoms with Crippen LogP contribution < -0.4 is 10.1 Å². The molecule has 188 valence electrons. The van der Waals surface area contributed by atoms with Gasteiger partial charge >= 0.3 is 5.97 Å². The van der Waals surface area contributed by atoms with Gasteiger partial charge in [-0.05, 0) is 35.9 Å². The van der Waals surface area contributed by atoms with Gasteiger partial charge in [-0.1, -0.05) is 68.1 Å². The summed E-state index contributed by atoms with van der Waals surface area (Å²) in [7, 11) is 1.62. The maximum Gasteiger partial charge on any atom is 0.338 e. The number of hydrogen-bond acceptors (Lipinski definition) is 7. The molecule has 4 rings (SSSR count). The largest absolute Gasteiger partial charge is 0.497 e. The van der Waals surface area contributed by atoms with E-state index >= 15 is 0 Å². The number of methoxy groups -OCH3 is 1. The van der Waals surface area contributed by atoms with Crippen molar-refractivity contribution >= 4 is 34.5 Å². The first-order chi connectivity index (χ1) is 17.4. The third-order valence-corrected chi connectivity index (χ3v) is 6.72.